The summed E-state index contributed by atoms with van der Waals surface area (Å²) in [7, 11) is 0. The normalized spacial score (nSPS) is 11.0. The zero-order chi connectivity index (χ0) is 12.8. The summed E-state index contributed by atoms with van der Waals surface area (Å²) in [5.74, 6) is 1.01. The van der Waals surface area contributed by atoms with Crippen LogP contribution in [-0.4, -0.2) is 31.1 Å². The molecule has 6 heteroatoms. The second kappa shape index (κ2) is 6.30. The lowest BCUT2D eigenvalue weighted by Crippen LogP contribution is -2.08. The molecule has 0 amide bonds. The minimum Gasteiger partial charge on any atom is -0.334 e. The fourth-order valence-corrected chi connectivity index (χ4v) is 1.91. The van der Waals surface area contributed by atoms with Crippen LogP contribution >= 0.6 is 0 Å². The minimum atomic E-state index is 0.671. The van der Waals surface area contributed by atoms with Gasteiger partial charge in [-0.2, -0.15) is 0 Å². The monoisotopic (exact) mass is 248 g/mol. The molecular formula is C12H20N6. The van der Waals surface area contributed by atoms with E-state index < -0.39 is 0 Å². The zero-order valence-corrected chi connectivity index (χ0v) is 10.8. The summed E-state index contributed by atoms with van der Waals surface area (Å²) in [6.45, 7) is 4.44. The van der Waals surface area contributed by atoms with Crippen LogP contribution in [0, 0.1) is 0 Å². The van der Waals surface area contributed by atoms with E-state index >= 15 is 0 Å². The number of hydrogen-bond acceptors (Lipinski definition) is 4. The van der Waals surface area contributed by atoms with Crippen molar-refractivity contribution in [2.24, 2.45) is 5.73 Å². The maximum atomic E-state index is 5.47. The van der Waals surface area contributed by atoms with Crippen molar-refractivity contribution >= 4 is 0 Å². The zero-order valence-electron chi connectivity index (χ0n) is 10.8. The third-order valence-electron chi connectivity index (χ3n) is 2.92. The molecule has 2 rings (SSSR count). The Hall–Kier alpha value is -1.69. The highest BCUT2D eigenvalue weighted by atomic mass is 15.4. The van der Waals surface area contributed by atoms with Gasteiger partial charge in [-0.3, -0.25) is 0 Å². The van der Waals surface area contributed by atoms with E-state index in [2.05, 4.69) is 26.8 Å². The van der Waals surface area contributed by atoms with Crippen molar-refractivity contribution in [2.45, 2.75) is 39.3 Å². The average Bonchev–Trinajstić information content (AvgIpc) is 2.99. The number of hydrogen-bond donors (Lipinski definition) is 1. The summed E-state index contributed by atoms with van der Waals surface area (Å²) in [6, 6.07) is 0. The highest BCUT2D eigenvalue weighted by Crippen LogP contribution is 2.03. The Morgan fingerprint density at radius 3 is 3.00 bits per heavy atom. The number of imidazole rings is 1. The van der Waals surface area contributed by atoms with Gasteiger partial charge in [0.15, 0.2) is 0 Å². The van der Waals surface area contributed by atoms with Crippen LogP contribution in [0.25, 0.3) is 0 Å². The molecule has 18 heavy (non-hydrogen) atoms. The van der Waals surface area contributed by atoms with Gasteiger partial charge in [0.25, 0.3) is 0 Å². The summed E-state index contributed by atoms with van der Waals surface area (Å²) in [6.07, 6.45) is 8.84. The molecule has 2 aromatic heterocycles. The molecule has 6 nitrogen and oxygen atoms in total. The van der Waals surface area contributed by atoms with Gasteiger partial charge in [0.2, 0.25) is 0 Å². The number of nitrogens with zero attached hydrogens (tertiary/aromatic N) is 5. The van der Waals surface area contributed by atoms with Gasteiger partial charge in [-0.25, -0.2) is 9.67 Å². The predicted octanol–water partition coefficient (Wildman–Crippen LogP) is 0.824. The van der Waals surface area contributed by atoms with Crippen molar-refractivity contribution in [2.75, 3.05) is 6.54 Å². The van der Waals surface area contributed by atoms with E-state index in [0.29, 0.717) is 6.54 Å². The average molecular weight is 248 g/mol. The molecule has 0 radical (unpaired) electrons. The van der Waals surface area contributed by atoms with Crippen LogP contribution in [0.3, 0.4) is 0 Å². The van der Waals surface area contributed by atoms with E-state index in [0.717, 1.165) is 43.9 Å². The summed E-state index contributed by atoms with van der Waals surface area (Å²) in [5, 5.41) is 8.29. The lowest BCUT2D eigenvalue weighted by molar-refractivity contribution is 0.588. The molecule has 0 aromatic carbocycles. The van der Waals surface area contributed by atoms with E-state index in [1.54, 1.807) is 0 Å². The van der Waals surface area contributed by atoms with Crippen molar-refractivity contribution < 1.29 is 0 Å². The Kier molecular flexibility index (Phi) is 4.46. The summed E-state index contributed by atoms with van der Waals surface area (Å²) in [5.41, 5.74) is 6.49. The Morgan fingerprint density at radius 2 is 2.22 bits per heavy atom. The molecule has 0 saturated carbocycles. The van der Waals surface area contributed by atoms with Crippen LogP contribution in [0.5, 0.6) is 0 Å². The quantitative estimate of drug-likeness (QED) is 0.736. The molecule has 2 N–H and O–H groups in total. The standard InChI is InChI=1S/C12H20N6/c1-2-17-8-7-14-12(17)10-18-9-11(15-16-18)5-3-4-6-13/h7-9H,2-6,10,13H2,1H3. The highest BCUT2D eigenvalue weighted by Gasteiger charge is 2.05. The van der Waals surface area contributed by atoms with Gasteiger partial charge >= 0.3 is 0 Å². The topological polar surface area (TPSA) is 74.5 Å². The van der Waals surface area contributed by atoms with E-state index in [1.165, 1.54) is 0 Å². The lowest BCUT2D eigenvalue weighted by atomic mass is 10.2. The lowest BCUT2D eigenvalue weighted by Gasteiger charge is -2.03. The van der Waals surface area contributed by atoms with E-state index in [1.807, 2.05) is 23.3 Å². The number of nitrogens with two attached hydrogens (primary N) is 1. The number of rotatable bonds is 7. The fourth-order valence-electron chi connectivity index (χ4n) is 1.91. The Balaban J connectivity index is 1.94. The van der Waals surface area contributed by atoms with Crippen molar-refractivity contribution in [3.05, 3.63) is 30.1 Å². The molecule has 0 aliphatic carbocycles. The first-order chi connectivity index (χ1) is 8.83. The number of aromatic nitrogens is 5. The third kappa shape index (κ3) is 3.16. The van der Waals surface area contributed by atoms with Gasteiger partial charge in [0, 0.05) is 25.1 Å². The molecule has 0 unspecified atom stereocenters. The van der Waals surface area contributed by atoms with Crippen LogP contribution in [-0.2, 0) is 19.5 Å². The smallest absolute Gasteiger partial charge is 0.130 e. The molecule has 0 fully saturated rings. The Morgan fingerprint density at radius 1 is 1.33 bits per heavy atom. The van der Waals surface area contributed by atoms with Gasteiger partial charge < -0.3 is 10.3 Å². The minimum absolute atomic E-state index is 0.671. The van der Waals surface area contributed by atoms with E-state index in [4.69, 9.17) is 5.73 Å². The number of unbranched alkanes of at least 4 members (excludes halogenated alkanes) is 1. The molecule has 0 saturated heterocycles. The van der Waals surface area contributed by atoms with Crippen LogP contribution in [0.15, 0.2) is 18.6 Å². The van der Waals surface area contributed by atoms with Crippen LogP contribution in [0.4, 0.5) is 0 Å². The first-order valence-corrected chi connectivity index (χ1v) is 6.42. The van der Waals surface area contributed by atoms with Gasteiger partial charge in [-0.15, -0.1) is 5.10 Å². The first kappa shape index (κ1) is 12.8. The summed E-state index contributed by atoms with van der Waals surface area (Å²) < 4.78 is 3.95. The van der Waals surface area contributed by atoms with Crippen molar-refractivity contribution in [3.8, 4) is 0 Å². The number of aryl methyl sites for hydroxylation is 2. The molecule has 0 aliphatic rings. The van der Waals surface area contributed by atoms with Crippen LogP contribution in [0.1, 0.15) is 31.3 Å². The third-order valence-corrected chi connectivity index (χ3v) is 2.92. The second-order valence-corrected chi connectivity index (χ2v) is 4.28. The van der Waals surface area contributed by atoms with E-state index in [9.17, 15) is 0 Å². The molecule has 0 aliphatic heterocycles. The molecule has 2 aromatic rings. The Labute approximate surface area is 107 Å². The molecule has 0 atom stereocenters. The maximum absolute atomic E-state index is 5.47. The molecule has 0 spiro atoms. The highest BCUT2D eigenvalue weighted by molar-refractivity contribution is 4.97. The molecule has 0 bridgehead atoms. The summed E-state index contributed by atoms with van der Waals surface area (Å²) >= 11 is 0. The Bertz CT molecular complexity index is 472. The van der Waals surface area contributed by atoms with Gasteiger partial charge in [-0.05, 0) is 32.7 Å². The first-order valence-electron chi connectivity index (χ1n) is 6.42. The van der Waals surface area contributed by atoms with Gasteiger partial charge in [-0.1, -0.05) is 5.21 Å². The van der Waals surface area contributed by atoms with Crippen molar-refractivity contribution in [1.29, 1.82) is 0 Å². The SMILES string of the molecule is CCn1ccnc1Cn1cc(CCCCN)nn1. The second-order valence-electron chi connectivity index (χ2n) is 4.28. The van der Waals surface area contributed by atoms with Crippen molar-refractivity contribution in [3.63, 3.8) is 0 Å². The van der Waals surface area contributed by atoms with Crippen LogP contribution in [0.2, 0.25) is 0 Å². The fraction of sp³-hybridized carbons (Fsp3) is 0.583. The molecule has 98 valence electrons. The van der Waals surface area contributed by atoms with Gasteiger partial charge in [0.1, 0.15) is 12.4 Å². The van der Waals surface area contributed by atoms with Crippen molar-refractivity contribution in [1.82, 2.24) is 24.5 Å². The maximum Gasteiger partial charge on any atom is 0.130 e. The van der Waals surface area contributed by atoms with Gasteiger partial charge in [0.05, 0.1) is 5.69 Å². The van der Waals surface area contributed by atoms with Crippen LogP contribution < -0.4 is 5.73 Å². The largest absolute Gasteiger partial charge is 0.334 e. The molecule has 2 heterocycles. The predicted molar refractivity (Wildman–Crippen MR) is 69.0 cm³/mol. The molecular weight excluding hydrogens is 228 g/mol. The van der Waals surface area contributed by atoms with E-state index in [-0.39, 0.29) is 0 Å². The summed E-state index contributed by atoms with van der Waals surface area (Å²) in [4.78, 5) is 4.32.